The maximum Gasteiger partial charge on any atom is 0.162 e. The molecule has 0 aliphatic heterocycles. The zero-order valence-electron chi connectivity index (χ0n) is 9.18. The van der Waals surface area contributed by atoms with Crippen molar-refractivity contribution in [2.75, 3.05) is 14.1 Å². The molecule has 0 fully saturated rings. The summed E-state index contributed by atoms with van der Waals surface area (Å²) in [6.45, 7) is 0. The summed E-state index contributed by atoms with van der Waals surface area (Å²) in [7, 11) is 3.80. The highest BCUT2D eigenvalue weighted by molar-refractivity contribution is 7.21. The van der Waals surface area contributed by atoms with E-state index in [4.69, 9.17) is 0 Å². The van der Waals surface area contributed by atoms with E-state index in [9.17, 15) is 4.79 Å². The van der Waals surface area contributed by atoms with Crippen molar-refractivity contribution in [1.82, 2.24) is 4.90 Å². The number of aldehydes is 1. The van der Waals surface area contributed by atoms with Gasteiger partial charge in [0.15, 0.2) is 6.29 Å². The molecule has 0 bridgehead atoms. The lowest BCUT2D eigenvalue weighted by Crippen LogP contribution is -2.07. The smallest absolute Gasteiger partial charge is 0.162 e. The van der Waals surface area contributed by atoms with Crippen molar-refractivity contribution in [2.24, 2.45) is 4.99 Å². The van der Waals surface area contributed by atoms with E-state index >= 15 is 0 Å². The van der Waals surface area contributed by atoms with Crippen LogP contribution in [0.1, 0.15) is 9.67 Å². The van der Waals surface area contributed by atoms with Crippen molar-refractivity contribution >= 4 is 39.7 Å². The molecule has 4 heteroatoms. The summed E-state index contributed by atoms with van der Waals surface area (Å²) in [5.74, 6) is 0. The first-order chi connectivity index (χ1) is 7.72. The molecule has 16 heavy (non-hydrogen) atoms. The van der Waals surface area contributed by atoms with Gasteiger partial charge in [0.2, 0.25) is 0 Å². The first-order valence-corrected chi connectivity index (χ1v) is 5.71. The second kappa shape index (κ2) is 4.45. The van der Waals surface area contributed by atoms with Gasteiger partial charge in [-0.3, -0.25) is 4.79 Å². The number of fused-ring (bicyclic) bond motifs is 1. The summed E-state index contributed by atoms with van der Waals surface area (Å²) >= 11 is 1.48. The molecule has 1 aromatic heterocycles. The molecule has 82 valence electrons. The number of benzene rings is 1. The molecule has 3 nitrogen and oxygen atoms in total. The quantitative estimate of drug-likeness (QED) is 0.463. The van der Waals surface area contributed by atoms with Crippen molar-refractivity contribution in [3.05, 3.63) is 29.1 Å². The molecule has 0 aliphatic carbocycles. The lowest BCUT2D eigenvalue weighted by atomic mass is 10.2. The Balaban J connectivity index is 2.60. The lowest BCUT2D eigenvalue weighted by molar-refractivity contribution is 0.112. The van der Waals surface area contributed by atoms with Crippen molar-refractivity contribution in [2.45, 2.75) is 0 Å². The number of thiophene rings is 1. The topological polar surface area (TPSA) is 32.7 Å². The number of carbonyl (C=O) groups excluding carboxylic acids is 1. The minimum absolute atomic E-state index is 0.680. The van der Waals surface area contributed by atoms with E-state index in [1.807, 2.05) is 43.3 Å². The molecular formula is C12H12N2OS. The number of aliphatic imine (C=N–C) groups is 1. The highest BCUT2D eigenvalue weighted by Gasteiger charge is 2.09. The van der Waals surface area contributed by atoms with Gasteiger partial charge in [-0.1, -0.05) is 18.2 Å². The van der Waals surface area contributed by atoms with E-state index in [0.717, 1.165) is 22.1 Å². The molecule has 0 atom stereocenters. The Morgan fingerprint density at radius 3 is 2.75 bits per heavy atom. The first-order valence-electron chi connectivity index (χ1n) is 4.89. The Bertz CT molecular complexity index is 543. The molecule has 0 N–H and O–H groups in total. The highest BCUT2D eigenvalue weighted by Crippen LogP contribution is 2.36. The van der Waals surface area contributed by atoms with Crippen LogP contribution in [0.2, 0.25) is 0 Å². The van der Waals surface area contributed by atoms with Crippen LogP contribution >= 0.6 is 11.3 Å². The van der Waals surface area contributed by atoms with Crippen LogP contribution in [-0.4, -0.2) is 31.6 Å². The predicted octanol–water partition coefficient (Wildman–Crippen LogP) is 2.94. The van der Waals surface area contributed by atoms with Crippen LogP contribution in [0.5, 0.6) is 0 Å². The first kappa shape index (κ1) is 10.8. The van der Waals surface area contributed by atoms with E-state index in [-0.39, 0.29) is 0 Å². The number of hydrogen-bond acceptors (Lipinski definition) is 3. The van der Waals surface area contributed by atoms with E-state index in [2.05, 4.69) is 4.99 Å². The van der Waals surface area contributed by atoms with Gasteiger partial charge in [0.05, 0.1) is 16.9 Å². The second-order valence-corrected chi connectivity index (χ2v) is 4.72. The van der Waals surface area contributed by atoms with Crippen LogP contribution < -0.4 is 0 Å². The molecule has 0 aliphatic rings. The summed E-state index contributed by atoms with van der Waals surface area (Å²) in [4.78, 5) is 17.8. The second-order valence-electron chi connectivity index (χ2n) is 3.64. The molecular weight excluding hydrogens is 220 g/mol. The zero-order valence-corrected chi connectivity index (χ0v) is 9.99. The van der Waals surface area contributed by atoms with Crippen LogP contribution in [-0.2, 0) is 0 Å². The Kier molecular flexibility index (Phi) is 3.01. The largest absolute Gasteiger partial charge is 0.369 e. The summed E-state index contributed by atoms with van der Waals surface area (Å²) < 4.78 is 1.09. The van der Waals surface area contributed by atoms with Gasteiger partial charge in [-0.05, 0) is 6.07 Å². The van der Waals surface area contributed by atoms with Crippen LogP contribution in [0.3, 0.4) is 0 Å². The molecule has 0 spiro atoms. The fraction of sp³-hybridized carbons (Fsp3) is 0.167. The Hall–Kier alpha value is -1.68. The van der Waals surface area contributed by atoms with Gasteiger partial charge >= 0.3 is 0 Å². The van der Waals surface area contributed by atoms with Crippen LogP contribution in [0.15, 0.2) is 29.3 Å². The SMILES string of the molecule is CN(C)C=Nc1c(C=O)sc2ccccc12. The molecule has 1 heterocycles. The van der Waals surface area contributed by atoms with Crippen molar-refractivity contribution in [1.29, 1.82) is 0 Å². The Labute approximate surface area is 98.0 Å². The summed E-state index contributed by atoms with van der Waals surface area (Å²) in [5.41, 5.74) is 0.768. The lowest BCUT2D eigenvalue weighted by Gasteiger charge is -2.01. The van der Waals surface area contributed by atoms with Crippen LogP contribution in [0, 0.1) is 0 Å². The molecule has 0 radical (unpaired) electrons. The van der Waals surface area contributed by atoms with Gasteiger partial charge in [0, 0.05) is 24.2 Å². The number of nitrogens with zero attached hydrogens (tertiary/aromatic N) is 2. The zero-order chi connectivity index (χ0) is 11.5. The molecule has 0 amide bonds. The maximum absolute atomic E-state index is 11.0. The molecule has 0 saturated heterocycles. The third kappa shape index (κ3) is 1.97. The third-order valence-corrected chi connectivity index (χ3v) is 3.21. The predicted molar refractivity (Wildman–Crippen MR) is 69.1 cm³/mol. The van der Waals surface area contributed by atoms with E-state index in [1.165, 1.54) is 11.3 Å². The van der Waals surface area contributed by atoms with Crippen molar-refractivity contribution in [3.63, 3.8) is 0 Å². The molecule has 0 saturated carbocycles. The number of rotatable bonds is 3. The van der Waals surface area contributed by atoms with E-state index in [0.29, 0.717) is 4.88 Å². The Morgan fingerprint density at radius 1 is 1.31 bits per heavy atom. The highest BCUT2D eigenvalue weighted by atomic mass is 32.1. The third-order valence-electron chi connectivity index (χ3n) is 2.12. The number of carbonyl (C=O) groups is 1. The minimum atomic E-state index is 0.680. The van der Waals surface area contributed by atoms with Gasteiger partial charge in [-0.15, -0.1) is 11.3 Å². The van der Waals surface area contributed by atoms with Gasteiger partial charge in [0.1, 0.15) is 0 Å². The summed E-state index contributed by atoms with van der Waals surface area (Å²) in [6, 6.07) is 7.91. The monoisotopic (exact) mass is 232 g/mol. The Morgan fingerprint density at radius 2 is 2.06 bits per heavy atom. The van der Waals surface area contributed by atoms with Gasteiger partial charge < -0.3 is 4.90 Å². The average molecular weight is 232 g/mol. The van der Waals surface area contributed by atoms with Crippen molar-refractivity contribution in [3.8, 4) is 0 Å². The summed E-state index contributed by atoms with van der Waals surface area (Å²) in [5, 5.41) is 1.03. The minimum Gasteiger partial charge on any atom is -0.369 e. The molecule has 2 aromatic rings. The number of hydrogen-bond donors (Lipinski definition) is 0. The van der Waals surface area contributed by atoms with Crippen LogP contribution in [0.4, 0.5) is 5.69 Å². The molecule has 1 aromatic carbocycles. The fourth-order valence-corrected chi connectivity index (χ4v) is 2.40. The van der Waals surface area contributed by atoms with Crippen LogP contribution in [0.25, 0.3) is 10.1 Å². The normalized spacial score (nSPS) is 11.1. The van der Waals surface area contributed by atoms with Crippen molar-refractivity contribution < 1.29 is 4.79 Å². The van der Waals surface area contributed by atoms with Gasteiger partial charge in [-0.2, -0.15) is 0 Å². The molecule has 2 rings (SSSR count). The average Bonchev–Trinajstić information content (AvgIpc) is 2.64. The summed E-state index contributed by atoms with van der Waals surface area (Å²) in [6.07, 6.45) is 2.58. The van der Waals surface area contributed by atoms with E-state index < -0.39 is 0 Å². The standard InChI is InChI=1S/C12H12N2OS/c1-14(2)8-13-12-9-5-3-4-6-10(9)16-11(12)7-15/h3-8H,1-2H3. The van der Waals surface area contributed by atoms with Gasteiger partial charge in [-0.25, -0.2) is 4.99 Å². The van der Waals surface area contributed by atoms with E-state index in [1.54, 1.807) is 6.34 Å². The fourth-order valence-electron chi connectivity index (χ4n) is 1.44. The van der Waals surface area contributed by atoms with Gasteiger partial charge in [0.25, 0.3) is 0 Å². The maximum atomic E-state index is 11.0. The molecule has 0 unspecified atom stereocenters.